The highest BCUT2D eigenvalue weighted by Crippen LogP contribution is 2.44. The Labute approximate surface area is 251 Å². The van der Waals surface area contributed by atoms with Crippen LogP contribution in [0.3, 0.4) is 0 Å². The van der Waals surface area contributed by atoms with Crippen LogP contribution in [0.5, 0.6) is 0 Å². The summed E-state index contributed by atoms with van der Waals surface area (Å²) in [5.74, 6) is 0. The topological polar surface area (TPSA) is 29.0 Å². The molecule has 0 saturated heterocycles. The van der Waals surface area contributed by atoms with Crippen molar-refractivity contribution in [2.75, 3.05) is 4.90 Å². The second kappa shape index (κ2) is 10.9. The Morgan fingerprint density at radius 3 is 1.06 bits per heavy atom. The molecule has 0 spiro atoms. The number of benzene rings is 3. The van der Waals surface area contributed by atoms with Gasteiger partial charge in [-0.15, -0.1) is 0 Å². The number of hydrogen-bond acceptors (Lipinski definition) is 3. The molecular formula is C29H12F15N3. The van der Waals surface area contributed by atoms with Crippen LogP contribution in [0.1, 0.15) is 28.1 Å². The minimum atomic E-state index is -5.35. The molecule has 5 rings (SSSR count). The summed E-state index contributed by atoms with van der Waals surface area (Å²) in [6, 6.07) is 6.90. The highest BCUT2D eigenvalue weighted by atomic mass is 19.4. The van der Waals surface area contributed by atoms with Gasteiger partial charge in [-0.05, 0) is 60.7 Å². The predicted octanol–water partition coefficient (Wildman–Crippen LogP) is 11.3. The average Bonchev–Trinajstić information content (AvgIpc) is 2.93. The molecule has 0 saturated carbocycles. The van der Waals surface area contributed by atoms with E-state index in [2.05, 4.69) is 9.97 Å². The van der Waals surface area contributed by atoms with Crippen molar-refractivity contribution >= 4 is 38.9 Å². The van der Waals surface area contributed by atoms with Gasteiger partial charge in [0.25, 0.3) is 0 Å². The van der Waals surface area contributed by atoms with Crippen LogP contribution in [-0.2, 0) is 30.9 Å². The smallest absolute Gasteiger partial charge is 0.310 e. The zero-order valence-corrected chi connectivity index (χ0v) is 22.4. The molecule has 0 N–H and O–H groups in total. The molecule has 0 aliphatic heterocycles. The number of fused-ring (bicyclic) bond motifs is 2. The Kier molecular flexibility index (Phi) is 7.79. The van der Waals surface area contributed by atoms with Gasteiger partial charge >= 0.3 is 30.9 Å². The maximum Gasteiger partial charge on any atom is 0.433 e. The first-order chi connectivity index (χ1) is 21.4. The molecule has 0 fully saturated rings. The number of halogens is 15. The first-order valence-corrected chi connectivity index (χ1v) is 12.6. The third-order valence-electron chi connectivity index (χ3n) is 6.75. The third kappa shape index (κ3) is 6.71. The average molecular weight is 687 g/mol. The molecule has 18 heteroatoms. The zero-order valence-electron chi connectivity index (χ0n) is 22.4. The fourth-order valence-corrected chi connectivity index (χ4v) is 4.72. The van der Waals surface area contributed by atoms with Crippen LogP contribution >= 0.6 is 0 Å². The lowest BCUT2D eigenvalue weighted by Gasteiger charge is -2.27. The second-order valence-electron chi connectivity index (χ2n) is 9.88. The van der Waals surface area contributed by atoms with Gasteiger partial charge in [0.05, 0.1) is 27.7 Å². The molecule has 0 amide bonds. The van der Waals surface area contributed by atoms with Crippen molar-refractivity contribution in [3.05, 3.63) is 101 Å². The summed E-state index contributed by atoms with van der Waals surface area (Å²) >= 11 is 0. The standard InChI is InChI=1S/C29H12F15N3/c30-25(31,32)13-1-3-14(4-2-13)47(15-5-7-17-19(26(33,34)35)11-23(28(39,40)41)45-21(17)9-15)16-6-8-18-20(27(36,37)38)12-24(29(42,43)44)46-22(18)10-16/h1-12H. The van der Waals surface area contributed by atoms with Gasteiger partial charge in [0, 0.05) is 27.8 Å². The molecule has 248 valence electrons. The molecule has 0 atom stereocenters. The minimum Gasteiger partial charge on any atom is -0.310 e. The van der Waals surface area contributed by atoms with E-state index < -0.39 is 80.8 Å². The van der Waals surface area contributed by atoms with Crippen molar-refractivity contribution in [2.45, 2.75) is 30.9 Å². The summed E-state index contributed by atoms with van der Waals surface area (Å²) in [5, 5.41) is -1.63. The number of nitrogens with zero attached hydrogens (tertiary/aromatic N) is 3. The highest BCUT2D eigenvalue weighted by molar-refractivity contribution is 5.92. The van der Waals surface area contributed by atoms with Crippen LogP contribution in [0.15, 0.2) is 72.8 Å². The molecule has 0 radical (unpaired) electrons. The van der Waals surface area contributed by atoms with E-state index in [9.17, 15) is 65.9 Å². The second-order valence-corrected chi connectivity index (χ2v) is 9.88. The van der Waals surface area contributed by atoms with Gasteiger partial charge in [0.2, 0.25) is 0 Å². The third-order valence-corrected chi connectivity index (χ3v) is 6.75. The molecule has 0 bridgehead atoms. The number of rotatable bonds is 3. The van der Waals surface area contributed by atoms with Crippen LogP contribution in [0.25, 0.3) is 21.8 Å². The number of pyridine rings is 2. The molecule has 2 aromatic heterocycles. The van der Waals surface area contributed by atoms with Gasteiger partial charge in [0.15, 0.2) is 0 Å². The van der Waals surface area contributed by atoms with E-state index in [0.29, 0.717) is 36.4 Å². The molecule has 0 unspecified atom stereocenters. The predicted molar refractivity (Wildman–Crippen MR) is 137 cm³/mol. The van der Waals surface area contributed by atoms with Gasteiger partial charge in [0.1, 0.15) is 11.4 Å². The Balaban J connectivity index is 1.80. The van der Waals surface area contributed by atoms with Crippen molar-refractivity contribution in [2.24, 2.45) is 0 Å². The van der Waals surface area contributed by atoms with E-state index >= 15 is 0 Å². The van der Waals surface area contributed by atoms with E-state index in [4.69, 9.17) is 0 Å². The molecule has 0 aliphatic rings. The maximum absolute atomic E-state index is 13.7. The highest BCUT2D eigenvalue weighted by Gasteiger charge is 2.41. The van der Waals surface area contributed by atoms with Gasteiger partial charge in [-0.1, -0.05) is 12.1 Å². The molecular weight excluding hydrogens is 675 g/mol. The quantitative estimate of drug-likeness (QED) is 0.177. The van der Waals surface area contributed by atoms with E-state index in [1.165, 1.54) is 0 Å². The lowest BCUT2D eigenvalue weighted by atomic mass is 10.0. The maximum atomic E-state index is 13.7. The van der Waals surface area contributed by atoms with Crippen LogP contribution in [0.4, 0.5) is 82.9 Å². The summed E-state index contributed by atoms with van der Waals surface area (Å²) in [6.45, 7) is 0. The fraction of sp³-hybridized carbons (Fsp3) is 0.172. The van der Waals surface area contributed by atoms with Crippen molar-refractivity contribution in [3.8, 4) is 0 Å². The first kappa shape index (κ1) is 33.6. The zero-order chi connectivity index (χ0) is 34.9. The van der Waals surface area contributed by atoms with Crippen LogP contribution in [0, 0.1) is 0 Å². The lowest BCUT2D eigenvalue weighted by molar-refractivity contribution is -0.146. The Bertz CT molecular complexity index is 1850. The molecule has 3 nitrogen and oxygen atoms in total. The molecule has 2 heterocycles. The minimum absolute atomic E-state index is 0.221. The molecule has 0 aliphatic carbocycles. The van der Waals surface area contributed by atoms with Crippen LogP contribution in [-0.4, -0.2) is 9.97 Å². The number of alkyl halides is 15. The SMILES string of the molecule is FC(F)(F)c1ccc(N(c2ccc3c(C(F)(F)F)cc(C(F)(F)F)nc3c2)c2ccc3c(C(F)(F)F)cc(C(F)(F)F)nc3c2)cc1. The Morgan fingerprint density at radius 1 is 0.383 bits per heavy atom. The summed E-state index contributed by atoms with van der Waals surface area (Å²) in [4.78, 5) is 7.40. The Morgan fingerprint density at radius 2 is 0.745 bits per heavy atom. The van der Waals surface area contributed by atoms with Gasteiger partial charge in [-0.3, -0.25) is 0 Å². The Hall–Kier alpha value is -4.77. The van der Waals surface area contributed by atoms with E-state index in [1.807, 2.05) is 0 Å². The molecule has 47 heavy (non-hydrogen) atoms. The van der Waals surface area contributed by atoms with Gasteiger partial charge in [-0.25, -0.2) is 9.97 Å². The lowest BCUT2D eigenvalue weighted by Crippen LogP contribution is -2.15. The number of anilines is 3. The summed E-state index contributed by atoms with van der Waals surface area (Å²) < 4.78 is 203. The van der Waals surface area contributed by atoms with E-state index in [0.717, 1.165) is 29.2 Å². The van der Waals surface area contributed by atoms with E-state index in [1.54, 1.807) is 0 Å². The fourth-order valence-electron chi connectivity index (χ4n) is 4.72. The number of hydrogen-bond donors (Lipinski definition) is 0. The monoisotopic (exact) mass is 687 g/mol. The van der Waals surface area contributed by atoms with Crippen molar-refractivity contribution in [1.82, 2.24) is 9.97 Å². The normalized spacial score (nSPS) is 13.4. The van der Waals surface area contributed by atoms with E-state index in [-0.39, 0.29) is 29.2 Å². The molecule has 5 aromatic rings. The summed E-state index contributed by atoms with van der Waals surface area (Å²) in [6.07, 6.45) is -26.2. The van der Waals surface area contributed by atoms with Crippen molar-refractivity contribution in [3.63, 3.8) is 0 Å². The number of aromatic nitrogens is 2. The van der Waals surface area contributed by atoms with Crippen LogP contribution in [0.2, 0.25) is 0 Å². The van der Waals surface area contributed by atoms with Crippen LogP contribution < -0.4 is 4.90 Å². The first-order valence-electron chi connectivity index (χ1n) is 12.6. The molecule has 3 aromatic carbocycles. The summed E-state index contributed by atoms with van der Waals surface area (Å²) in [7, 11) is 0. The van der Waals surface area contributed by atoms with Crippen molar-refractivity contribution in [1.29, 1.82) is 0 Å². The van der Waals surface area contributed by atoms with Crippen molar-refractivity contribution < 1.29 is 65.9 Å². The van der Waals surface area contributed by atoms with Gasteiger partial charge in [-0.2, -0.15) is 65.9 Å². The van der Waals surface area contributed by atoms with Gasteiger partial charge < -0.3 is 4.90 Å². The largest absolute Gasteiger partial charge is 0.433 e. The summed E-state index contributed by atoms with van der Waals surface area (Å²) in [5.41, 5.74) is -11.3.